The average molecular weight is 277 g/mol. The Bertz CT molecular complexity index is 597. The maximum atomic E-state index is 10.7. The fourth-order valence-electron chi connectivity index (χ4n) is 1.78. The number of hydrogen-bond acceptors (Lipinski definition) is 3. The normalized spacial score (nSPS) is 10.2. The van der Waals surface area contributed by atoms with E-state index in [4.69, 9.17) is 11.6 Å². The topological polar surface area (TPSA) is 55.2 Å². The third-order valence-electron chi connectivity index (χ3n) is 2.80. The number of benzene rings is 2. The van der Waals surface area contributed by atoms with Gasteiger partial charge in [-0.3, -0.25) is 10.1 Å². The molecule has 0 spiro atoms. The zero-order valence-corrected chi connectivity index (χ0v) is 11.1. The van der Waals surface area contributed by atoms with Gasteiger partial charge in [-0.25, -0.2) is 0 Å². The van der Waals surface area contributed by atoms with Gasteiger partial charge < -0.3 is 5.32 Å². The molecule has 5 heteroatoms. The molecule has 0 bridgehead atoms. The third kappa shape index (κ3) is 3.45. The van der Waals surface area contributed by atoms with E-state index in [0.717, 1.165) is 11.3 Å². The molecule has 0 saturated heterocycles. The van der Waals surface area contributed by atoms with Crippen LogP contribution >= 0.6 is 11.6 Å². The first-order valence-electron chi connectivity index (χ1n) is 5.79. The first-order valence-corrected chi connectivity index (χ1v) is 6.17. The highest BCUT2D eigenvalue weighted by molar-refractivity contribution is 6.30. The van der Waals surface area contributed by atoms with Crippen LogP contribution in [0.3, 0.4) is 0 Å². The van der Waals surface area contributed by atoms with E-state index in [1.807, 2.05) is 24.3 Å². The predicted octanol–water partition coefficient (Wildman–Crippen LogP) is 4.17. The Morgan fingerprint density at radius 2 is 1.89 bits per heavy atom. The fourth-order valence-corrected chi connectivity index (χ4v) is 1.90. The minimum absolute atomic E-state index is 0.136. The first-order chi connectivity index (χ1) is 9.06. The van der Waals surface area contributed by atoms with E-state index in [9.17, 15) is 10.1 Å². The van der Waals surface area contributed by atoms with Crippen LogP contribution in [0.1, 0.15) is 11.1 Å². The molecule has 0 saturated carbocycles. The molecule has 2 aromatic carbocycles. The summed E-state index contributed by atoms with van der Waals surface area (Å²) in [7, 11) is 0. The fraction of sp³-hybridized carbons (Fsp3) is 0.143. The van der Waals surface area contributed by atoms with Crippen molar-refractivity contribution < 1.29 is 4.92 Å². The molecule has 0 radical (unpaired) electrons. The van der Waals surface area contributed by atoms with Crippen molar-refractivity contribution in [1.82, 2.24) is 0 Å². The summed E-state index contributed by atoms with van der Waals surface area (Å²) in [5.41, 5.74) is 2.74. The molecular formula is C14H13ClN2O2. The van der Waals surface area contributed by atoms with Crippen LogP contribution in [-0.4, -0.2) is 4.92 Å². The van der Waals surface area contributed by atoms with Crippen LogP contribution in [-0.2, 0) is 6.54 Å². The van der Waals surface area contributed by atoms with Crippen molar-refractivity contribution in [2.75, 3.05) is 5.32 Å². The lowest BCUT2D eigenvalue weighted by Gasteiger charge is -2.07. The van der Waals surface area contributed by atoms with Gasteiger partial charge in [-0.2, -0.15) is 0 Å². The van der Waals surface area contributed by atoms with E-state index in [-0.39, 0.29) is 10.6 Å². The van der Waals surface area contributed by atoms with Gasteiger partial charge in [0.05, 0.1) is 4.92 Å². The highest BCUT2D eigenvalue weighted by atomic mass is 35.5. The summed E-state index contributed by atoms with van der Waals surface area (Å²) >= 11 is 5.81. The first kappa shape index (κ1) is 13.4. The van der Waals surface area contributed by atoms with Crippen LogP contribution < -0.4 is 5.32 Å². The van der Waals surface area contributed by atoms with Gasteiger partial charge in [0, 0.05) is 28.9 Å². The SMILES string of the molecule is Cc1cc(NCc2ccc(Cl)cc2)ccc1[N+](=O)[O-]. The molecule has 2 rings (SSSR count). The van der Waals surface area contributed by atoms with Crippen LogP contribution in [0.15, 0.2) is 42.5 Å². The van der Waals surface area contributed by atoms with E-state index in [0.29, 0.717) is 17.1 Å². The van der Waals surface area contributed by atoms with Crippen molar-refractivity contribution in [2.24, 2.45) is 0 Å². The molecule has 0 aliphatic carbocycles. The van der Waals surface area contributed by atoms with Crippen molar-refractivity contribution in [3.63, 3.8) is 0 Å². The number of nitrogens with one attached hydrogen (secondary N) is 1. The third-order valence-corrected chi connectivity index (χ3v) is 3.06. The second-order valence-electron chi connectivity index (χ2n) is 4.24. The van der Waals surface area contributed by atoms with Crippen molar-refractivity contribution in [1.29, 1.82) is 0 Å². The lowest BCUT2D eigenvalue weighted by Crippen LogP contribution is -2.00. The van der Waals surface area contributed by atoms with Crippen molar-refractivity contribution in [3.8, 4) is 0 Å². The van der Waals surface area contributed by atoms with Crippen LogP contribution in [0.5, 0.6) is 0 Å². The molecule has 4 nitrogen and oxygen atoms in total. The van der Waals surface area contributed by atoms with E-state index >= 15 is 0 Å². The second kappa shape index (κ2) is 5.71. The average Bonchev–Trinajstić information content (AvgIpc) is 2.37. The molecule has 0 aromatic heterocycles. The largest absolute Gasteiger partial charge is 0.381 e. The maximum absolute atomic E-state index is 10.7. The molecule has 0 fully saturated rings. The Morgan fingerprint density at radius 1 is 1.21 bits per heavy atom. The van der Waals surface area contributed by atoms with Crippen molar-refractivity contribution >= 4 is 23.0 Å². The molecular weight excluding hydrogens is 264 g/mol. The highest BCUT2D eigenvalue weighted by Gasteiger charge is 2.09. The summed E-state index contributed by atoms with van der Waals surface area (Å²) in [6.07, 6.45) is 0. The number of nitrogens with zero attached hydrogens (tertiary/aromatic N) is 1. The number of halogens is 1. The van der Waals surface area contributed by atoms with Gasteiger partial charge in [-0.1, -0.05) is 23.7 Å². The molecule has 98 valence electrons. The minimum atomic E-state index is -0.377. The summed E-state index contributed by atoms with van der Waals surface area (Å²) in [6, 6.07) is 12.5. The molecule has 0 atom stereocenters. The quantitative estimate of drug-likeness (QED) is 0.673. The van der Waals surface area contributed by atoms with E-state index in [2.05, 4.69) is 5.32 Å². The van der Waals surface area contributed by atoms with Crippen LogP contribution in [0.4, 0.5) is 11.4 Å². The van der Waals surface area contributed by atoms with E-state index < -0.39 is 0 Å². The Labute approximate surface area is 116 Å². The highest BCUT2D eigenvalue weighted by Crippen LogP contribution is 2.22. The Kier molecular flexibility index (Phi) is 4.02. The molecule has 19 heavy (non-hydrogen) atoms. The standard InChI is InChI=1S/C14H13ClN2O2/c1-10-8-13(6-7-14(10)17(18)19)16-9-11-2-4-12(15)5-3-11/h2-8,16H,9H2,1H3. The summed E-state index contributed by atoms with van der Waals surface area (Å²) in [4.78, 5) is 10.3. The van der Waals surface area contributed by atoms with Gasteiger partial charge in [-0.05, 0) is 36.8 Å². The van der Waals surface area contributed by atoms with Crippen LogP contribution in [0.2, 0.25) is 5.02 Å². The van der Waals surface area contributed by atoms with E-state index in [1.54, 1.807) is 19.1 Å². The van der Waals surface area contributed by atoms with Crippen LogP contribution in [0.25, 0.3) is 0 Å². The lowest BCUT2D eigenvalue weighted by molar-refractivity contribution is -0.385. The molecule has 0 aliphatic rings. The summed E-state index contributed by atoms with van der Waals surface area (Å²) in [6.45, 7) is 2.38. The van der Waals surface area contributed by atoms with Crippen molar-refractivity contribution in [2.45, 2.75) is 13.5 Å². The molecule has 0 amide bonds. The molecule has 1 N–H and O–H groups in total. The van der Waals surface area contributed by atoms with Crippen LogP contribution in [0, 0.1) is 17.0 Å². The number of aryl methyl sites for hydroxylation is 1. The number of nitro groups is 1. The second-order valence-corrected chi connectivity index (χ2v) is 4.67. The number of rotatable bonds is 4. The molecule has 2 aromatic rings. The Hall–Kier alpha value is -2.07. The lowest BCUT2D eigenvalue weighted by atomic mass is 10.1. The van der Waals surface area contributed by atoms with Gasteiger partial charge in [-0.15, -0.1) is 0 Å². The smallest absolute Gasteiger partial charge is 0.272 e. The number of nitro benzene ring substituents is 1. The predicted molar refractivity (Wildman–Crippen MR) is 76.6 cm³/mol. The summed E-state index contributed by atoms with van der Waals surface area (Å²) < 4.78 is 0. The van der Waals surface area contributed by atoms with Gasteiger partial charge in [0.15, 0.2) is 0 Å². The Morgan fingerprint density at radius 3 is 2.47 bits per heavy atom. The van der Waals surface area contributed by atoms with Gasteiger partial charge in [0.1, 0.15) is 0 Å². The van der Waals surface area contributed by atoms with Crippen molar-refractivity contribution in [3.05, 3.63) is 68.7 Å². The molecule has 0 heterocycles. The maximum Gasteiger partial charge on any atom is 0.272 e. The number of hydrogen-bond donors (Lipinski definition) is 1. The Balaban J connectivity index is 2.06. The molecule has 0 unspecified atom stereocenters. The zero-order valence-electron chi connectivity index (χ0n) is 10.4. The summed E-state index contributed by atoms with van der Waals surface area (Å²) in [5.74, 6) is 0. The zero-order chi connectivity index (χ0) is 13.8. The van der Waals surface area contributed by atoms with Gasteiger partial charge in [0.2, 0.25) is 0 Å². The summed E-state index contributed by atoms with van der Waals surface area (Å²) in [5, 5.41) is 14.6. The van der Waals surface area contributed by atoms with E-state index in [1.165, 1.54) is 6.07 Å². The minimum Gasteiger partial charge on any atom is -0.381 e. The monoisotopic (exact) mass is 276 g/mol. The van der Waals surface area contributed by atoms with Gasteiger partial charge >= 0.3 is 0 Å². The number of anilines is 1. The van der Waals surface area contributed by atoms with Gasteiger partial charge in [0.25, 0.3) is 5.69 Å². The molecule has 0 aliphatic heterocycles.